The second kappa shape index (κ2) is 12.3. The van der Waals surface area contributed by atoms with E-state index in [9.17, 15) is 5.11 Å². The lowest BCUT2D eigenvalue weighted by Gasteiger charge is -2.44. The van der Waals surface area contributed by atoms with Crippen LogP contribution in [0.5, 0.6) is 0 Å². The van der Waals surface area contributed by atoms with Gasteiger partial charge in [0.05, 0.1) is 19.3 Å². The van der Waals surface area contributed by atoms with Crippen LogP contribution < -0.4 is 0 Å². The number of hydrogen-bond acceptors (Lipinski definition) is 5. The van der Waals surface area contributed by atoms with Crippen molar-refractivity contribution in [2.24, 2.45) is 22.9 Å². The molecule has 7 nitrogen and oxygen atoms in total. The Kier molecular flexibility index (Phi) is 11.2. The zero-order chi connectivity index (χ0) is 22.1. The average Bonchev–Trinajstić information content (AvgIpc) is 3.16. The first kappa shape index (κ1) is 26.4. The van der Waals surface area contributed by atoms with Gasteiger partial charge in [0.2, 0.25) is 0 Å². The van der Waals surface area contributed by atoms with Crippen molar-refractivity contribution in [3.8, 4) is 0 Å². The molecule has 1 aliphatic rings. The molecule has 0 saturated carbocycles. The third-order valence-corrected chi connectivity index (χ3v) is 10.9. The molecule has 29 heavy (non-hydrogen) atoms. The van der Waals surface area contributed by atoms with Crippen LogP contribution in [0.4, 0.5) is 0 Å². The Labute approximate surface area is 178 Å². The molecule has 1 rings (SSSR count). The van der Waals surface area contributed by atoms with Crippen LogP contribution in [0.1, 0.15) is 60.3 Å². The van der Waals surface area contributed by atoms with Crippen molar-refractivity contribution in [2.75, 3.05) is 26.4 Å². The van der Waals surface area contributed by atoms with Crippen LogP contribution in [-0.2, 0) is 13.9 Å². The molecule has 0 amide bonds. The van der Waals surface area contributed by atoms with Crippen LogP contribution >= 0.6 is 0 Å². The van der Waals surface area contributed by atoms with Gasteiger partial charge in [-0.3, -0.25) is 0 Å². The van der Waals surface area contributed by atoms with Gasteiger partial charge in [-0.15, -0.1) is 0 Å². The number of ether oxygens (including phenoxy) is 2. The molecule has 0 aliphatic carbocycles. The number of nitrogens with zero attached hydrogens (tertiary/aromatic N) is 3. The van der Waals surface area contributed by atoms with Gasteiger partial charge in [0.15, 0.2) is 14.6 Å². The maximum Gasteiger partial charge on any atom is 0.192 e. The molecule has 0 unspecified atom stereocenters. The zero-order valence-electron chi connectivity index (χ0n) is 19.6. The predicted octanol–water partition coefficient (Wildman–Crippen LogP) is 5.50. The molecule has 0 bridgehead atoms. The minimum Gasteiger partial charge on any atom is -0.413 e. The van der Waals surface area contributed by atoms with Gasteiger partial charge in [0, 0.05) is 24.0 Å². The quantitative estimate of drug-likeness (QED) is 0.137. The van der Waals surface area contributed by atoms with Gasteiger partial charge >= 0.3 is 0 Å². The lowest BCUT2D eigenvalue weighted by Crippen LogP contribution is -2.50. The fourth-order valence-corrected chi connectivity index (χ4v) is 5.11. The van der Waals surface area contributed by atoms with Crippen LogP contribution in [0.3, 0.4) is 0 Å². The summed E-state index contributed by atoms with van der Waals surface area (Å²) in [7, 11) is -2.01. The minimum atomic E-state index is -2.01. The highest BCUT2D eigenvalue weighted by molar-refractivity contribution is 6.74. The average molecular weight is 430 g/mol. The van der Waals surface area contributed by atoms with E-state index in [0.29, 0.717) is 19.8 Å². The topological polar surface area (TPSA) is 96.7 Å². The predicted molar refractivity (Wildman–Crippen MR) is 119 cm³/mol. The van der Waals surface area contributed by atoms with E-state index in [-0.39, 0.29) is 41.8 Å². The van der Waals surface area contributed by atoms with Gasteiger partial charge in [-0.2, -0.15) is 0 Å². The second-order valence-electron chi connectivity index (χ2n) is 10.1. The van der Waals surface area contributed by atoms with E-state index in [1.54, 1.807) is 0 Å². The van der Waals surface area contributed by atoms with Gasteiger partial charge in [-0.05, 0) is 54.8 Å². The summed E-state index contributed by atoms with van der Waals surface area (Å²) in [5.41, 5.74) is 8.50. The summed E-state index contributed by atoms with van der Waals surface area (Å²) in [5.74, 6) is 0.631. The summed E-state index contributed by atoms with van der Waals surface area (Å²) in [5, 5.41) is 13.3. The van der Waals surface area contributed by atoms with Crippen molar-refractivity contribution in [3.05, 3.63) is 10.4 Å². The Hall–Kier alpha value is -0.633. The van der Waals surface area contributed by atoms with Crippen LogP contribution in [0.25, 0.3) is 10.4 Å². The molecule has 1 heterocycles. The number of aliphatic hydroxyl groups excluding tert-OH is 1. The molecule has 1 aliphatic heterocycles. The Morgan fingerprint density at radius 2 is 1.83 bits per heavy atom. The smallest absolute Gasteiger partial charge is 0.192 e. The van der Waals surface area contributed by atoms with Crippen molar-refractivity contribution in [1.82, 2.24) is 0 Å². The largest absolute Gasteiger partial charge is 0.413 e. The molecule has 0 radical (unpaired) electrons. The van der Waals surface area contributed by atoms with Crippen LogP contribution in [0, 0.1) is 17.8 Å². The second-order valence-corrected chi connectivity index (χ2v) is 14.8. The highest BCUT2D eigenvalue weighted by atomic mass is 28.4. The summed E-state index contributed by atoms with van der Waals surface area (Å²) >= 11 is 0. The molecule has 0 aromatic carbocycles. The van der Waals surface area contributed by atoms with Crippen molar-refractivity contribution in [1.29, 1.82) is 0 Å². The van der Waals surface area contributed by atoms with E-state index in [1.165, 1.54) is 0 Å². The highest BCUT2D eigenvalue weighted by Gasteiger charge is 2.44. The van der Waals surface area contributed by atoms with Crippen LogP contribution in [0.2, 0.25) is 18.1 Å². The summed E-state index contributed by atoms with van der Waals surface area (Å²) in [6, 6.07) is 0. The Morgan fingerprint density at radius 1 is 1.21 bits per heavy atom. The van der Waals surface area contributed by atoms with E-state index in [2.05, 4.69) is 57.7 Å². The third-order valence-electron chi connectivity index (χ3n) is 6.41. The van der Waals surface area contributed by atoms with Crippen molar-refractivity contribution in [2.45, 2.75) is 90.8 Å². The zero-order valence-corrected chi connectivity index (χ0v) is 20.6. The van der Waals surface area contributed by atoms with E-state index in [1.807, 2.05) is 0 Å². The fraction of sp³-hybridized carbons (Fsp3) is 1.00. The third kappa shape index (κ3) is 8.56. The SMILES string of the molecule is C[C@@H](CO)C[C@H](C)[C@@H](O[Si](C)(C)C(C)(C)C)[C@@H](CCCCN=[N+]=[N-])C1OCCO1. The van der Waals surface area contributed by atoms with Crippen LogP contribution in [-0.4, -0.2) is 52.2 Å². The number of hydrogen-bond donors (Lipinski definition) is 1. The van der Waals surface area contributed by atoms with Gasteiger partial charge in [-0.1, -0.05) is 46.2 Å². The summed E-state index contributed by atoms with van der Waals surface area (Å²) in [4.78, 5) is 2.84. The summed E-state index contributed by atoms with van der Waals surface area (Å²) in [6.07, 6.45) is 3.35. The van der Waals surface area contributed by atoms with Crippen molar-refractivity contribution in [3.63, 3.8) is 0 Å². The van der Waals surface area contributed by atoms with E-state index in [4.69, 9.17) is 19.4 Å². The molecular weight excluding hydrogens is 386 g/mol. The summed E-state index contributed by atoms with van der Waals surface area (Å²) in [6.45, 7) is 17.6. The number of azide groups is 1. The Morgan fingerprint density at radius 3 is 2.34 bits per heavy atom. The van der Waals surface area contributed by atoms with Crippen LogP contribution in [0.15, 0.2) is 5.11 Å². The molecule has 1 saturated heterocycles. The number of aliphatic hydroxyl groups is 1. The standard InChI is InChI=1S/C21H43N3O4Si/c1-16(15-25)14-17(2)19(28-29(6,7)21(3,4)5)18(20-26-12-13-27-20)10-8-9-11-23-24-22/h16-20,25H,8-15H2,1-7H3/t16-,17+,18-,19-/m1/s1. The molecular formula is C21H43N3O4Si. The van der Waals surface area contributed by atoms with E-state index in [0.717, 1.165) is 25.7 Å². The summed E-state index contributed by atoms with van der Waals surface area (Å²) < 4.78 is 18.9. The monoisotopic (exact) mass is 429 g/mol. The van der Waals surface area contributed by atoms with Gasteiger partial charge in [0.1, 0.15) is 0 Å². The lowest BCUT2D eigenvalue weighted by atomic mass is 9.83. The van der Waals surface area contributed by atoms with Crippen molar-refractivity contribution >= 4 is 8.32 Å². The van der Waals surface area contributed by atoms with Crippen molar-refractivity contribution < 1.29 is 19.0 Å². The first-order valence-electron chi connectivity index (χ1n) is 11.1. The van der Waals surface area contributed by atoms with Gasteiger partial charge in [-0.25, -0.2) is 0 Å². The molecule has 8 heteroatoms. The molecule has 0 aromatic rings. The maximum absolute atomic E-state index is 9.58. The molecule has 4 atom stereocenters. The Bertz CT molecular complexity index is 515. The normalized spacial score (nSPS) is 20.1. The van der Waals surface area contributed by atoms with Gasteiger partial charge in [0.25, 0.3) is 0 Å². The maximum atomic E-state index is 9.58. The molecule has 1 N–H and O–H groups in total. The molecule has 0 spiro atoms. The molecule has 170 valence electrons. The van der Waals surface area contributed by atoms with E-state index >= 15 is 0 Å². The minimum absolute atomic E-state index is 0.00691. The van der Waals surface area contributed by atoms with Gasteiger partial charge < -0.3 is 19.0 Å². The fourth-order valence-electron chi connectivity index (χ4n) is 3.67. The van der Waals surface area contributed by atoms with E-state index < -0.39 is 8.32 Å². The molecule has 0 aromatic heterocycles. The highest BCUT2D eigenvalue weighted by Crippen LogP contribution is 2.41. The lowest BCUT2D eigenvalue weighted by molar-refractivity contribution is -0.127. The number of unbranched alkanes of at least 4 members (excludes halogenated alkanes) is 1. The Balaban J connectivity index is 3.06. The first-order valence-corrected chi connectivity index (χ1v) is 14.0. The molecule has 1 fully saturated rings. The number of rotatable bonds is 13. The first-order chi connectivity index (χ1) is 13.5.